The highest BCUT2D eigenvalue weighted by Gasteiger charge is 2.22. The summed E-state index contributed by atoms with van der Waals surface area (Å²) in [6.45, 7) is 5.56. The molecule has 0 spiro atoms. The standard InChI is InChI=1S/C16H20N4O4/c1-4-9-24-14-8-6-5-7-13(14)17-15(21)10-19-12(3)16(20(22)23)11(2)18-19/h5-8H,4,9-10H2,1-3H3,(H,17,21). The minimum atomic E-state index is -0.486. The van der Waals surface area contributed by atoms with Crippen molar-refractivity contribution in [2.24, 2.45) is 0 Å². The van der Waals surface area contributed by atoms with E-state index in [1.54, 1.807) is 32.0 Å². The van der Waals surface area contributed by atoms with Gasteiger partial charge in [-0.1, -0.05) is 19.1 Å². The van der Waals surface area contributed by atoms with Gasteiger partial charge in [0, 0.05) is 0 Å². The normalized spacial score (nSPS) is 10.5. The first kappa shape index (κ1) is 17.5. The van der Waals surface area contributed by atoms with Gasteiger partial charge in [0.1, 0.15) is 23.7 Å². The summed E-state index contributed by atoms with van der Waals surface area (Å²) in [7, 11) is 0. The van der Waals surface area contributed by atoms with E-state index in [2.05, 4.69) is 10.4 Å². The van der Waals surface area contributed by atoms with Gasteiger partial charge >= 0.3 is 5.69 Å². The number of carbonyl (C=O) groups is 1. The maximum absolute atomic E-state index is 12.3. The van der Waals surface area contributed by atoms with Gasteiger partial charge < -0.3 is 10.1 Å². The Kier molecular flexibility index (Phi) is 5.51. The zero-order chi connectivity index (χ0) is 17.7. The van der Waals surface area contributed by atoms with Crippen LogP contribution < -0.4 is 10.1 Å². The zero-order valence-electron chi connectivity index (χ0n) is 13.9. The van der Waals surface area contributed by atoms with E-state index in [0.29, 0.717) is 23.7 Å². The molecule has 1 N–H and O–H groups in total. The monoisotopic (exact) mass is 332 g/mol. The van der Waals surface area contributed by atoms with Crippen molar-refractivity contribution >= 4 is 17.3 Å². The molecular weight excluding hydrogens is 312 g/mol. The van der Waals surface area contributed by atoms with Crippen molar-refractivity contribution in [3.8, 4) is 5.75 Å². The van der Waals surface area contributed by atoms with Crippen molar-refractivity contribution in [3.05, 3.63) is 45.8 Å². The van der Waals surface area contributed by atoms with Gasteiger partial charge in [0.15, 0.2) is 0 Å². The Morgan fingerprint density at radius 3 is 2.71 bits per heavy atom. The van der Waals surface area contributed by atoms with Gasteiger partial charge in [-0.15, -0.1) is 0 Å². The smallest absolute Gasteiger partial charge is 0.312 e. The minimum Gasteiger partial charge on any atom is -0.491 e. The lowest BCUT2D eigenvalue weighted by Gasteiger charge is -2.12. The average Bonchev–Trinajstić information content (AvgIpc) is 2.80. The summed E-state index contributed by atoms with van der Waals surface area (Å²) < 4.78 is 6.92. The third-order valence-electron chi connectivity index (χ3n) is 3.44. The molecule has 8 nitrogen and oxygen atoms in total. The Labute approximate surface area is 139 Å². The van der Waals surface area contributed by atoms with E-state index in [1.165, 1.54) is 4.68 Å². The number of nitrogens with zero attached hydrogens (tertiary/aromatic N) is 3. The van der Waals surface area contributed by atoms with Crippen LogP contribution in [0, 0.1) is 24.0 Å². The van der Waals surface area contributed by atoms with Crippen LogP contribution in [0.25, 0.3) is 0 Å². The number of carbonyl (C=O) groups excluding carboxylic acids is 1. The maximum Gasteiger partial charge on any atom is 0.312 e. The molecular formula is C16H20N4O4. The van der Waals surface area contributed by atoms with Gasteiger partial charge in [-0.05, 0) is 32.4 Å². The van der Waals surface area contributed by atoms with Gasteiger partial charge in [-0.2, -0.15) is 5.10 Å². The topological polar surface area (TPSA) is 99.3 Å². The molecule has 0 aliphatic carbocycles. The molecule has 1 aromatic heterocycles. The number of hydrogen-bond donors (Lipinski definition) is 1. The SMILES string of the molecule is CCCOc1ccccc1NC(=O)Cn1nc(C)c([N+](=O)[O-])c1C. The molecule has 1 heterocycles. The van der Waals surface area contributed by atoms with E-state index in [4.69, 9.17) is 4.74 Å². The van der Waals surface area contributed by atoms with Crippen molar-refractivity contribution in [2.45, 2.75) is 33.7 Å². The molecule has 0 saturated heterocycles. The van der Waals surface area contributed by atoms with Crippen LogP contribution >= 0.6 is 0 Å². The predicted molar refractivity (Wildman–Crippen MR) is 89.2 cm³/mol. The van der Waals surface area contributed by atoms with Crippen molar-refractivity contribution in [1.82, 2.24) is 9.78 Å². The van der Waals surface area contributed by atoms with Crippen molar-refractivity contribution in [2.75, 3.05) is 11.9 Å². The van der Waals surface area contributed by atoms with E-state index < -0.39 is 4.92 Å². The summed E-state index contributed by atoms with van der Waals surface area (Å²) in [6, 6.07) is 7.14. The average molecular weight is 332 g/mol. The molecule has 1 aromatic carbocycles. The van der Waals surface area contributed by atoms with E-state index in [1.807, 2.05) is 13.0 Å². The zero-order valence-corrected chi connectivity index (χ0v) is 13.9. The van der Waals surface area contributed by atoms with Gasteiger partial charge in [-0.25, -0.2) is 0 Å². The second-order valence-electron chi connectivity index (χ2n) is 5.33. The van der Waals surface area contributed by atoms with Crippen LogP contribution in [-0.4, -0.2) is 27.2 Å². The van der Waals surface area contributed by atoms with E-state index >= 15 is 0 Å². The summed E-state index contributed by atoms with van der Waals surface area (Å²) in [5, 5.41) is 17.8. The first-order valence-electron chi connectivity index (χ1n) is 7.64. The molecule has 0 atom stereocenters. The number of ether oxygens (including phenoxy) is 1. The minimum absolute atomic E-state index is 0.0607. The highest BCUT2D eigenvalue weighted by atomic mass is 16.6. The number of amides is 1. The number of benzene rings is 1. The maximum atomic E-state index is 12.3. The highest BCUT2D eigenvalue weighted by Crippen LogP contribution is 2.25. The number of nitro groups is 1. The van der Waals surface area contributed by atoms with E-state index in [0.717, 1.165) is 6.42 Å². The summed E-state index contributed by atoms with van der Waals surface area (Å²) >= 11 is 0. The van der Waals surface area contributed by atoms with Crippen LogP contribution in [0.15, 0.2) is 24.3 Å². The number of anilines is 1. The summed E-state index contributed by atoms with van der Waals surface area (Å²) in [6.07, 6.45) is 0.859. The Balaban J connectivity index is 2.12. The molecule has 8 heteroatoms. The third-order valence-corrected chi connectivity index (χ3v) is 3.44. The number of aryl methyl sites for hydroxylation is 1. The van der Waals surface area contributed by atoms with E-state index in [9.17, 15) is 14.9 Å². The summed E-state index contributed by atoms with van der Waals surface area (Å²) in [4.78, 5) is 22.8. The molecule has 2 rings (SSSR count). The molecule has 0 saturated carbocycles. The molecule has 0 radical (unpaired) electrons. The van der Waals surface area contributed by atoms with Crippen molar-refractivity contribution in [3.63, 3.8) is 0 Å². The number of rotatable bonds is 7. The molecule has 0 aliphatic rings. The molecule has 0 fully saturated rings. The lowest BCUT2D eigenvalue weighted by atomic mass is 10.3. The molecule has 0 bridgehead atoms. The Bertz CT molecular complexity index is 755. The van der Waals surface area contributed by atoms with Gasteiger partial charge in [0.2, 0.25) is 5.91 Å². The van der Waals surface area contributed by atoms with Crippen LogP contribution in [0.2, 0.25) is 0 Å². The Hall–Kier alpha value is -2.90. The van der Waals surface area contributed by atoms with Crippen LogP contribution in [0.5, 0.6) is 5.75 Å². The Morgan fingerprint density at radius 1 is 1.38 bits per heavy atom. The summed E-state index contributed by atoms with van der Waals surface area (Å²) in [5.74, 6) is 0.259. The second-order valence-corrected chi connectivity index (χ2v) is 5.33. The fraction of sp³-hybridized carbons (Fsp3) is 0.375. The molecule has 2 aromatic rings. The number of hydrogen-bond acceptors (Lipinski definition) is 5. The van der Waals surface area contributed by atoms with Crippen molar-refractivity contribution in [1.29, 1.82) is 0 Å². The van der Waals surface area contributed by atoms with Gasteiger partial charge in [0.25, 0.3) is 0 Å². The first-order valence-corrected chi connectivity index (χ1v) is 7.64. The van der Waals surface area contributed by atoms with Crippen LogP contribution in [0.4, 0.5) is 11.4 Å². The molecule has 24 heavy (non-hydrogen) atoms. The lowest BCUT2D eigenvalue weighted by molar-refractivity contribution is -0.386. The highest BCUT2D eigenvalue weighted by molar-refractivity contribution is 5.92. The van der Waals surface area contributed by atoms with E-state index in [-0.39, 0.29) is 23.8 Å². The van der Waals surface area contributed by atoms with Gasteiger partial charge in [0.05, 0.1) is 17.2 Å². The van der Waals surface area contributed by atoms with Crippen LogP contribution in [-0.2, 0) is 11.3 Å². The fourth-order valence-corrected chi connectivity index (χ4v) is 2.34. The molecule has 128 valence electrons. The fourth-order valence-electron chi connectivity index (χ4n) is 2.34. The van der Waals surface area contributed by atoms with Gasteiger partial charge in [-0.3, -0.25) is 19.6 Å². The third kappa shape index (κ3) is 3.89. The lowest BCUT2D eigenvalue weighted by Crippen LogP contribution is -2.20. The second kappa shape index (κ2) is 7.58. The molecule has 0 unspecified atom stereocenters. The molecule has 1 amide bonds. The largest absolute Gasteiger partial charge is 0.491 e. The molecule has 0 aliphatic heterocycles. The number of nitrogens with one attached hydrogen (secondary N) is 1. The first-order chi connectivity index (χ1) is 11.4. The quantitative estimate of drug-likeness (QED) is 0.621. The van der Waals surface area contributed by atoms with Crippen LogP contribution in [0.1, 0.15) is 24.7 Å². The van der Waals surface area contributed by atoms with Crippen LogP contribution in [0.3, 0.4) is 0 Å². The van der Waals surface area contributed by atoms with Crippen molar-refractivity contribution < 1.29 is 14.5 Å². The predicted octanol–water partition coefficient (Wildman–Crippen LogP) is 2.84. The number of para-hydroxylation sites is 2. The summed E-state index contributed by atoms with van der Waals surface area (Å²) in [5.41, 5.74) is 1.14. The Morgan fingerprint density at radius 2 is 2.08 bits per heavy atom. The number of aromatic nitrogens is 2.